The summed E-state index contributed by atoms with van der Waals surface area (Å²) >= 11 is 0. The van der Waals surface area contributed by atoms with Gasteiger partial charge in [0.2, 0.25) is 5.95 Å². The number of aryl methyl sites for hydroxylation is 2. The van der Waals surface area contributed by atoms with E-state index in [1.54, 1.807) is 36.1 Å². The van der Waals surface area contributed by atoms with Gasteiger partial charge in [0.15, 0.2) is 0 Å². The molecule has 0 aromatic carbocycles. The standard InChI is InChI=1S/C7H8N4O.C5H7N3O/c1-11-3-2-4-5(11)9-7(8)10-6(4)12;1-8-3-2-4(6)7-5(8)9/h2-3H,1H3,(H3,8,9,10,12);2-3H,1H3,(H2,6,7,9). The fourth-order valence-electron chi connectivity index (χ4n) is 1.64. The summed E-state index contributed by atoms with van der Waals surface area (Å²) in [6.45, 7) is 0. The van der Waals surface area contributed by atoms with E-state index in [4.69, 9.17) is 11.5 Å². The van der Waals surface area contributed by atoms with Crippen molar-refractivity contribution < 1.29 is 0 Å². The highest BCUT2D eigenvalue weighted by atomic mass is 16.1. The predicted molar refractivity (Wildman–Crippen MR) is 79.6 cm³/mol. The van der Waals surface area contributed by atoms with Gasteiger partial charge in [0, 0.05) is 26.5 Å². The van der Waals surface area contributed by atoms with Gasteiger partial charge in [-0.2, -0.15) is 9.97 Å². The highest BCUT2D eigenvalue weighted by Crippen LogP contribution is 2.06. The smallest absolute Gasteiger partial charge is 0.349 e. The van der Waals surface area contributed by atoms with E-state index < -0.39 is 0 Å². The Morgan fingerprint density at radius 2 is 1.71 bits per heavy atom. The van der Waals surface area contributed by atoms with Crippen LogP contribution >= 0.6 is 0 Å². The summed E-state index contributed by atoms with van der Waals surface area (Å²) < 4.78 is 3.11. The molecule has 0 unspecified atom stereocenters. The maximum atomic E-state index is 11.2. The Bertz CT molecular complexity index is 890. The van der Waals surface area contributed by atoms with E-state index in [1.807, 2.05) is 7.05 Å². The topological polar surface area (TPSA) is 138 Å². The van der Waals surface area contributed by atoms with Crippen LogP contribution in [-0.2, 0) is 14.1 Å². The number of fused-ring (bicyclic) bond motifs is 1. The molecular weight excluding hydrogens is 274 g/mol. The molecule has 0 aliphatic carbocycles. The summed E-state index contributed by atoms with van der Waals surface area (Å²) in [5.74, 6) is 0.410. The lowest BCUT2D eigenvalue weighted by Gasteiger charge is -1.95. The summed E-state index contributed by atoms with van der Waals surface area (Å²) in [6, 6.07) is 3.28. The number of aromatic nitrogens is 5. The van der Waals surface area contributed by atoms with Crippen molar-refractivity contribution in [2.75, 3.05) is 11.5 Å². The van der Waals surface area contributed by atoms with Crippen molar-refractivity contribution in [3.05, 3.63) is 45.4 Å². The third-order valence-corrected chi connectivity index (χ3v) is 2.75. The zero-order valence-electron chi connectivity index (χ0n) is 11.6. The minimum absolute atomic E-state index is 0.148. The van der Waals surface area contributed by atoms with Crippen molar-refractivity contribution in [1.82, 2.24) is 24.1 Å². The lowest BCUT2D eigenvalue weighted by Crippen LogP contribution is -2.19. The van der Waals surface area contributed by atoms with Gasteiger partial charge in [-0.15, -0.1) is 0 Å². The number of hydrogen-bond donors (Lipinski definition) is 3. The van der Waals surface area contributed by atoms with E-state index in [9.17, 15) is 9.59 Å². The van der Waals surface area contributed by atoms with Crippen LogP contribution in [0.2, 0.25) is 0 Å². The van der Waals surface area contributed by atoms with Crippen LogP contribution < -0.4 is 22.7 Å². The number of aromatic amines is 1. The van der Waals surface area contributed by atoms with Gasteiger partial charge in [0.1, 0.15) is 11.5 Å². The Morgan fingerprint density at radius 1 is 1.05 bits per heavy atom. The Kier molecular flexibility index (Phi) is 3.74. The van der Waals surface area contributed by atoms with E-state index in [1.165, 1.54) is 4.57 Å². The first-order valence-corrected chi connectivity index (χ1v) is 5.98. The van der Waals surface area contributed by atoms with Gasteiger partial charge in [-0.05, 0) is 12.1 Å². The second kappa shape index (κ2) is 5.49. The molecule has 0 saturated heterocycles. The molecule has 9 heteroatoms. The lowest BCUT2D eigenvalue weighted by atomic mass is 10.4. The average molecular weight is 289 g/mol. The van der Waals surface area contributed by atoms with Crippen LogP contribution in [0.3, 0.4) is 0 Å². The van der Waals surface area contributed by atoms with Gasteiger partial charge in [-0.1, -0.05) is 0 Å². The van der Waals surface area contributed by atoms with Gasteiger partial charge in [-0.3, -0.25) is 9.78 Å². The molecule has 0 amide bonds. The van der Waals surface area contributed by atoms with E-state index in [0.717, 1.165) is 0 Å². The SMILES string of the molecule is Cn1ccc(N)nc1=O.Cn1ccc2c(=O)[nH]c(N)nc21. The minimum atomic E-state index is -0.324. The van der Waals surface area contributed by atoms with E-state index in [2.05, 4.69) is 15.0 Å². The Hall–Kier alpha value is -3.10. The molecule has 3 aromatic rings. The molecule has 0 atom stereocenters. The second-order valence-corrected chi connectivity index (χ2v) is 4.36. The monoisotopic (exact) mass is 289 g/mol. The molecule has 0 saturated carbocycles. The van der Waals surface area contributed by atoms with Crippen molar-refractivity contribution in [1.29, 1.82) is 0 Å². The van der Waals surface area contributed by atoms with Gasteiger partial charge in [0.05, 0.1) is 5.39 Å². The maximum Gasteiger partial charge on any atom is 0.349 e. The molecule has 3 heterocycles. The summed E-state index contributed by atoms with van der Waals surface area (Å²) in [6.07, 6.45) is 3.34. The van der Waals surface area contributed by atoms with Gasteiger partial charge < -0.3 is 20.6 Å². The van der Waals surface area contributed by atoms with Gasteiger partial charge in [0.25, 0.3) is 5.56 Å². The largest absolute Gasteiger partial charge is 0.383 e. The van der Waals surface area contributed by atoms with E-state index in [-0.39, 0.29) is 23.0 Å². The number of anilines is 2. The number of hydrogen-bond acceptors (Lipinski definition) is 6. The molecule has 0 bridgehead atoms. The van der Waals surface area contributed by atoms with Crippen molar-refractivity contribution in [2.45, 2.75) is 0 Å². The fraction of sp³-hybridized carbons (Fsp3) is 0.167. The highest BCUT2D eigenvalue weighted by molar-refractivity contribution is 5.75. The van der Waals surface area contributed by atoms with Crippen molar-refractivity contribution in [2.24, 2.45) is 14.1 Å². The molecule has 3 rings (SSSR count). The average Bonchev–Trinajstić information content (AvgIpc) is 2.77. The molecule has 3 aromatic heterocycles. The molecule has 0 aliphatic rings. The Labute approximate surface area is 118 Å². The van der Waals surface area contributed by atoms with Gasteiger partial charge in [-0.25, -0.2) is 4.79 Å². The van der Waals surface area contributed by atoms with Crippen LogP contribution in [0.15, 0.2) is 34.1 Å². The molecule has 9 nitrogen and oxygen atoms in total. The van der Waals surface area contributed by atoms with Crippen molar-refractivity contribution >= 4 is 22.8 Å². The number of nitrogens with one attached hydrogen (secondary N) is 1. The normalized spacial score (nSPS) is 10.2. The lowest BCUT2D eigenvalue weighted by molar-refractivity contribution is 0.814. The number of nitrogen functional groups attached to an aromatic ring is 2. The first-order chi connectivity index (χ1) is 9.88. The molecule has 0 spiro atoms. The molecule has 110 valence electrons. The Morgan fingerprint density at radius 3 is 2.33 bits per heavy atom. The van der Waals surface area contributed by atoms with Crippen molar-refractivity contribution in [3.63, 3.8) is 0 Å². The molecule has 0 radical (unpaired) electrons. The molecule has 5 N–H and O–H groups in total. The molecule has 0 aliphatic heterocycles. The molecular formula is C12H15N7O2. The minimum Gasteiger partial charge on any atom is -0.383 e. The van der Waals surface area contributed by atoms with Crippen LogP contribution in [0.1, 0.15) is 0 Å². The molecule has 0 fully saturated rings. The summed E-state index contributed by atoms with van der Waals surface area (Å²) in [5.41, 5.74) is 10.7. The summed E-state index contributed by atoms with van der Waals surface area (Å²) in [7, 11) is 3.43. The third kappa shape index (κ3) is 3.08. The summed E-state index contributed by atoms with van der Waals surface area (Å²) in [5, 5.41) is 0.562. The Balaban J connectivity index is 0.000000161. The van der Waals surface area contributed by atoms with E-state index >= 15 is 0 Å². The number of nitrogens with zero attached hydrogens (tertiary/aromatic N) is 4. The highest BCUT2D eigenvalue weighted by Gasteiger charge is 2.03. The second-order valence-electron chi connectivity index (χ2n) is 4.36. The zero-order valence-corrected chi connectivity index (χ0v) is 11.6. The number of nitrogens with two attached hydrogens (primary N) is 2. The number of H-pyrrole nitrogens is 1. The summed E-state index contributed by atoms with van der Waals surface area (Å²) in [4.78, 5) is 31.7. The van der Waals surface area contributed by atoms with Crippen LogP contribution in [-0.4, -0.2) is 24.1 Å². The maximum absolute atomic E-state index is 11.2. The third-order valence-electron chi connectivity index (χ3n) is 2.75. The zero-order chi connectivity index (χ0) is 15.6. The van der Waals surface area contributed by atoms with Crippen LogP contribution in [0, 0.1) is 0 Å². The van der Waals surface area contributed by atoms with E-state index in [0.29, 0.717) is 11.0 Å². The molecule has 21 heavy (non-hydrogen) atoms. The van der Waals surface area contributed by atoms with Crippen molar-refractivity contribution in [3.8, 4) is 0 Å². The van der Waals surface area contributed by atoms with Crippen LogP contribution in [0.5, 0.6) is 0 Å². The first-order valence-electron chi connectivity index (χ1n) is 5.98. The van der Waals surface area contributed by atoms with Crippen LogP contribution in [0.25, 0.3) is 11.0 Å². The predicted octanol–water partition coefficient (Wildman–Crippen LogP) is -0.794. The fourth-order valence-corrected chi connectivity index (χ4v) is 1.64. The van der Waals surface area contributed by atoms with Crippen LogP contribution in [0.4, 0.5) is 11.8 Å². The quantitative estimate of drug-likeness (QED) is 0.495. The number of rotatable bonds is 0. The first kappa shape index (κ1) is 14.3. The van der Waals surface area contributed by atoms with Gasteiger partial charge >= 0.3 is 5.69 Å².